The standard InChI is InChI=1S/C22H25ClFIN5PS.2C2H6/c1-5-9-26-10-8-13(2)15-6-7-16(18(11-15)32-4)27-17-12-19(23)28-22-20(17)29-21(14(3)24)30(22)31-25;2*1-2/h6-8,10-12,14,26,31H,2,5,9H2,1,3-4H3,(H,27,28);2*1-2H3/b10-8-;;. The lowest BCUT2D eigenvalue weighted by atomic mass is 10.1. The van der Waals surface area contributed by atoms with E-state index in [9.17, 15) is 4.39 Å². The van der Waals surface area contributed by atoms with Crippen molar-refractivity contribution in [2.75, 3.05) is 18.1 Å². The molecule has 0 amide bonds. The predicted molar refractivity (Wildman–Crippen MR) is 170 cm³/mol. The molecule has 0 bridgehead atoms. The summed E-state index contributed by atoms with van der Waals surface area (Å²) in [5, 5.41) is 7.00. The third kappa shape index (κ3) is 8.61. The van der Waals surface area contributed by atoms with E-state index in [0.29, 0.717) is 27.8 Å². The molecule has 2 atom stereocenters. The van der Waals surface area contributed by atoms with Crippen molar-refractivity contribution in [1.29, 1.82) is 0 Å². The van der Waals surface area contributed by atoms with Crippen molar-refractivity contribution in [2.45, 2.75) is 59.0 Å². The summed E-state index contributed by atoms with van der Waals surface area (Å²) in [5.74, 6) is 0.353. The Hall–Kier alpha value is -1.35. The van der Waals surface area contributed by atoms with Gasteiger partial charge in [0.15, 0.2) is 11.8 Å². The van der Waals surface area contributed by atoms with Gasteiger partial charge in [0, 0.05) is 17.5 Å². The molecule has 2 heterocycles. The Labute approximate surface area is 239 Å². The summed E-state index contributed by atoms with van der Waals surface area (Å²) in [4.78, 5) is 9.99. The van der Waals surface area contributed by atoms with E-state index in [4.69, 9.17) is 11.6 Å². The van der Waals surface area contributed by atoms with Crippen molar-refractivity contribution >= 4 is 79.9 Å². The van der Waals surface area contributed by atoms with Crippen LogP contribution >= 0.6 is 51.8 Å². The molecule has 0 saturated heterocycles. The van der Waals surface area contributed by atoms with Gasteiger partial charge in [-0.2, -0.15) is 0 Å². The van der Waals surface area contributed by atoms with Gasteiger partial charge in [0.05, 0.1) is 17.7 Å². The molecule has 0 fully saturated rings. The molecule has 36 heavy (non-hydrogen) atoms. The van der Waals surface area contributed by atoms with Gasteiger partial charge in [-0.1, -0.05) is 58.9 Å². The van der Waals surface area contributed by atoms with Crippen LogP contribution in [0.1, 0.15) is 65.5 Å². The Morgan fingerprint density at radius 2 is 1.94 bits per heavy atom. The topological polar surface area (TPSA) is 54.8 Å². The van der Waals surface area contributed by atoms with Crippen LogP contribution in [0.25, 0.3) is 16.7 Å². The SMILES string of the molecule is C=C(/C=C\NCCC)c1ccc(Nc2cc(Cl)nc3c2nc(C(C)F)n3PI)c(SC)c1.CC.CC. The summed E-state index contributed by atoms with van der Waals surface area (Å²) >= 11 is 10.1. The number of fused-ring (bicyclic) bond motifs is 1. The van der Waals surface area contributed by atoms with Crippen LogP contribution < -0.4 is 10.6 Å². The van der Waals surface area contributed by atoms with Crippen LogP contribution in [0.2, 0.25) is 5.15 Å². The highest BCUT2D eigenvalue weighted by molar-refractivity contribution is 14.2. The monoisotopic (exact) mass is 663 g/mol. The first-order valence-electron chi connectivity index (χ1n) is 12.0. The molecule has 0 saturated carbocycles. The van der Waals surface area contributed by atoms with Crippen LogP contribution in [0.5, 0.6) is 0 Å². The number of hydrogen-bond acceptors (Lipinski definition) is 5. The first kappa shape index (κ1) is 32.7. The van der Waals surface area contributed by atoms with Gasteiger partial charge in [0.2, 0.25) is 0 Å². The molecular weight excluding hydrogens is 627 g/mol. The molecule has 0 spiro atoms. The Kier molecular flexibility index (Phi) is 15.6. The highest BCUT2D eigenvalue weighted by atomic mass is 127. The fraction of sp³-hybridized carbons (Fsp3) is 0.385. The summed E-state index contributed by atoms with van der Waals surface area (Å²) < 4.78 is 15.9. The predicted octanol–water partition coefficient (Wildman–Crippen LogP) is 9.95. The maximum atomic E-state index is 14.2. The molecule has 0 aliphatic heterocycles. The lowest BCUT2D eigenvalue weighted by Crippen LogP contribution is -2.04. The smallest absolute Gasteiger partial charge is 0.167 e. The lowest BCUT2D eigenvalue weighted by molar-refractivity contribution is 0.357. The van der Waals surface area contributed by atoms with Crippen LogP contribution in [0.15, 0.2) is 48.0 Å². The number of hydrogen-bond donors (Lipinski definition) is 2. The number of anilines is 2. The summed E-state index contributed by atoms with van der Waals surface area (Å²) in [7, 11) is 0. The zero-order valence-corrected chi connectivity index (χ0v) is 26.8. The third-order valence-corrected chi connectivity index (χ3v) is 7.72. The summed E-state index contributed by atoms with van der Waals surface area (Å²) in [5.41, 5.74) is 4.74. The molecule has 0 aliphatic rings. The van der Waals surface area contributed by atoms with E-state index in [2.05, 4.69) is 62.2 Å². The van der Waals surface area contributed by atoms with E-state index in [-0.39, 0.29) is 6.37 Å². The largest absolute Gasteiger partial charge is 0.391 e. The van der Waals surface area contributed by atoms with Crippen LogP contribution in [-0.2, 0) is 0 Å². The first-order valence-corrected chi connectivity index (χ1v) is 17.7. The van der Waals surface area contributed by atoms with Crippen LogP contribution in [-0.4, -0.2) is 27.1 Å². The maximum absolute atomic E-state index is 14.2. The normalized spacial score (nSPS) is 11.7. The molecule has 3 aromatic rings. The average molecular weight is 664 g/mol. The molecule has 2 aromatic heterocycles. The van der Waals surface area contributed by atoms with E-state index in [1.807, 2.05) is 58.4 Å². The van der Waals surface area contributed by atoms with Gasteiger partial charge in [-0.05, 0) is 77.2 Å². The number of nitrogens with one attached hydrogen (secondary N) is 2. The van der Waals surface area contributed by atoms with Gasteiger partial charge in [0.1, 0.15) is 16.5 Å². The number of imidazole rings is 1. The number of rotatable bonds is 10. The van der Waals surface area contributed by atoms with Crippen molar-refractivity contribution in [3.63, 3.8) is 0 Å². The molecular formula is C26H37ClFIN5PS. The van der Waals surface area contributed by atoms with Crippen LogP contribution in [0.4, 0.5) is 15.8 Å². The zero-order chi connectivity index (χ0) is 27.3. The third-order valence-electron chi connectivity index (χ3n) is 4.69. The molecule has 0 aliphatic carbocycles. The highest BCUT2D eigenvalue weighted by Gasteiger charge is 2.20. The van der Waals surface area contributed by atoms with E-state index in [1.165, 1.54) is 6.92 Å². The van der Waals surface area contributed by atoms with Gasteiger partial charge in [-0.25, -0.2) is 14.4 Å². The number of nitrogens with zero attached hydrogens (tertiary/aromatic N) is 3. The van der Waals surface area contributed by atoms with E-state index >= 15 is 0 Å². The summed E-state index contributed by atoms with van der Waals surface area (Å²) in [6.07, 6.45) is 6.06. The van der Waals surface area contributed by atoms with Gasteiger partial charge in [-0.15, -0.1) is 11.8 Å². The Morgan fingerprint density at radius 1 is 1.25 bits per heavy atom. The maximum Gasteiger partial charge on any atom is 0.167 e. The number of pyridine rings is 1. The highest BCUT2D eigenvalue weighted by Crippen LogP contribution is 2.39. The van der Waals surface area contributed by atoms with Crippen LogP contribution in [0, 0.1) is 0 Å². The number of benzene rings is 1. The number of aromatic nitrogens is 3. The minimum atomic E-state index is -1.20. The Balaban J connectivity index is 0.00000154. The van der Waals surface area contributed by atoms with E-state index in [1.54, 1.807) is 22.2 Å². The first-order chi connectivity index (χ1) is 17.4. The molecule has 5 nitrogen and oxygen atoms in total. The molecule has 198 valence electrons. The second-order valence-electron chi connectivity index (χ2n) is 7.02. The van der Waals surface area contributed by atoms with Crippen molar-refractivity contribution < 1.29 is 4.39 Å². The second kappa shape index (κ2) is 17.2. The van der Waals surface area contributed by atoms with Crippen molar-refractivity contribution in [2.24, 2.45) is 0 Å². The quantitative estimate of drug-likeness (QED) is 0.0565. The van der Waals surface area contributed by atoms with Gasteiger partial charge in [-0.3, -0.25) is 4.34 Å². The fourth-order valence-corrected chi connectivity index (χ4v) is 5.85. The van der Waals surface area contributed by atoms with Gasteiger partial charge >= 0.3 is 0 Å². The van der Waals surface area contributed by atoms with Crippen molar-refractivity contribution in [1.82, 2.24) is 19.6 Å². The van der Waals surface area contributed by atoms with Crippen molar-refractivity contribution in [3.8, 4) is 0 Å². The summed E-state index contributed by atoms with van der Waals surface area (Å²) in [6, 6.07) is 7.85. The molecule has 10 heteroatoms. The second-order valence-corrected chi connectivity index (χ2v) is 10.3. The zero-order valence-electron chi connectivity index (χ0n) is 22.0. The van der Waals surface area contributed by atoms with Crippen molar-refractivity contribution in [3.05, 3.63) is 59.7 Å². The number of thioether (sulfide) groups is 1. The molecule has 3 rings (SSSR count). The number of halogens is 3. The molecule has 1 aromatic carbocycles. The van der Waals surface area contributed by atoms with E-state index < -0.39 is 6.17 Å². The summed E-state index contributed by atoms with van der Waals surface area (Å²) in [6.45, 7) is 16.7. The minimum absolute atomic E-state index is 0.263. The molecule has 0 radical (unpaired) electrons. The lowest BCUT2D eigenvalue weighted by Gasteiger charge is -2.13. The average Bonchev–Trinajstić information content (AvgIpc) is 3.28. The van der Waals surface area contributed by atoms with Gasteiger partial charge < -0.3 is 10.6 Å². The number of allylic oxidation sites excluding steroid dienone is 2. The Morgan fingerprint density at radius 3 is 2.53 bits per heavy atom. The molecule has 2 N–H and O–H groups in total. The van der Waals surface area contributed by atoms with Crippen LogP contribution in [0.3, 0.4) is 0 Å². The number of alkyl halides is 1. The Bertz CT molecular complexity index is 1150. The molecule has 2 unspecified atom stereocenters. The van der Waals surface area contributed by atoms with Gasteiger partial charge in [0.25, 0.3) is 0 Å². The van der Waals surface area contributed by atoms with E-state index in [0.717, 1.165) is 34.7 Å². The minimum Gasteiger partial charge on any atom is -0.391 e. The fourth-order valence-electron chi connectivity index (χ4n) is 3.10.